The summed E-state index contributed by atoms with van der Waals surface area (Å²) in [5, 5.41) is 9.07. The number of hydrogen-bond acceptors (Lipinski definition) is 3. The second kappa shape index (κ2) is 7.72. The Balaban J connectivity index is 1.60. The van der Waals surface area contributed by atoms with Crippen molar-refractivity contribution in [1.29, 1.82) is 0 Å². The smallest absolute Gasteiger partial charge is 0.308 e. The van der Waals surface area contributed by atoms with E-state index in [9.17, 15) is 14.0 Å². The number of aliphatic carboxylic acids is 1. The second-order valence-corrected chi connectivity index (χ2v) is 6.76. The normalized spacial score (nSPS) is 14.8. The first-order valence-electron chi connectivity index (χ1n) is 8.81. The lowest BCUT2D eigenvalue weighted by molar-refractivity contribution is -0.143. The molecule has 0 bridgehead atoms. The van der Waals surface area contributed by atoms with Crippen LogP contribution in [0.25, 0.3) is 11.3 Å². The van der Waals surface area contributed by atoms with Gasteiger partial charge in [-0.25, -0.2) is 4.39 Å². The molecule has 0 aliphatic heterocycles. The summed E-state index contributed by atoms with van der Waals surface area (Å²) in [4.78, 5) is 25.3. The Hall–Kier alpha value is -2.63. The standard InChI is InChI=1S/C20H22FNO4/c1-13(20(24)25)12-22(14-6-7-14)19(23)11-9-15-8-10-18(26-15)16-4-2-3-5-17(16)21/h2-5,8,10,13-14H,6-7,9,11-12H2,1H3,(H,24,25). The molecule has 1 aromatic carbocycles. The minimum absolute atomic E-state index is 0.0653. The number of aryl methyl sites for hydroxylation is 1. The summed E-state index contributed by atoms with van der Waals surface area (Å²) in [6.07, 6.45) is 2.50. The molecule has 1 atom stereocenters. The van der Waals surface area contributed by atoms with Crippen LogP contribution < -0.4 is 0 Å². The fourth-order valence-electron chi connectivity index (χ4n) is 2.91. The van der Waals surface area contributed by atoms with Crippen molar-refractivity contribution < 1.29 is 23.5 Å². The zero-order valence-electron chi connectivity index (χ0n) is 14.7. The molecule has 0 radical (unpaired) electrons. The Morgan fingerprint density at radius 2 is 2.00 bits per heavy atom. The van der Waals surface area contributed by atoms with Crippen LogP contribution in [0.4, 0.5) is 4.39 Å². The average Bonchev–Trinajstić information content (AvgIpc) is 3.35. The number of rotatable bonds is 8. The molecule has 1 N–H and O–H groups in total. The molecule has 0 saturated heterocycles. The van der Waals surface area contributed by atoms with Gasteiger partial charge >= 0.3 is 5.97 Å². The number of hydrogen-bond donors (Lipinski definition) is 1. The summed E-state index contributed by atoms with van der Waals surface area (Å²) in [5.41, 5.74) is 0.389. The molecule has 5 nitrogen and oxygen atoms in total. The molecule has 1 aliphatic carbocycles. The van der Waals surface area contributed by atoms with Crippen LogP contribution in [0.1, 0.15) is 31.9 Å². The van der Waals surface area contributed by atoms with Crippen LogP contribution in [0.2, 0.25) is 0 Å². The van der Waals surface area contributed by atoms with Crippen molar-refractivity contribution >= 4 is 11.9 Å². The molecule has 26 heavy (non-hydrogen) atoms. The third-order valence-electron chi connectivity index (χ3n) is 4.59. The Morgan fingerprint density at radius 3 is 2.65 bits per heavy atom. The van der Waals surface area contributed by atoms with Crippen molar-refractivity contribution in [3.05, 3.63) is 48.0 Å². The zero-order valence-corrected chi connectivity index (χ0v) is 14.7. The van der Waals surface area contributed by atoms with Gasteiger partial charge in [-0.1, -0.05) is 19.1 Å². The number of benzene rings is 1. The van der Waals surface area contributed by atoms with Gasteiger partial charge in [0.2, 0.25) is 5.91 Å². The van der Waals surface area contributed by atoms with E-state index in [1.807, 2.05) is 0 Å². The lowest BCUT2D eigenvalue weighted by Crippen LogP contribution is -2.38. The van der Waals surface area contributed by atoms with Gasteiger partial charge in [0.05, 0.1) is 11.5 Å². The number of carbonyl (C=O) groups excluding carboxylic acids is 1. The quantitative estimate of drug-likeness (QED) is 0.780. The summed E-state index contributed by atoms with van der Waals surface area (Å²) in [6, 6.07) is 9.98. The first kappa shape index (κ1) is 18.2. The average molecular weight is 359 g/mol. The van der Waals surface area contributed by atoms with E-state index in [1.165, 1.54) is 6.07 Å². The summed E-state index contributed by atoms with van der Waals surface area (Å²) < 4.78 is 19.5. The molecular weight excluding hydrogens is 337 g/mol. The SMILES string of the molecule is CC(CN(C(=O)CCc1ccc(-c2ccccc2F)o1)C1CC1)C(=O)O. The van der Waals surface area contributed by atoms with Crippen molar-refractivity contribution in [3.63, 3.8) is 0 Å². The van der Waals surface area contributed by atoms with E-state index in [4.69, 9.17) is 9.52 Å². The van der Waals surface area contributed by atoms with Crippen LogP contribution in [-0.2, 0) is 16.0 Å². The topological polar surface area (TPSA) is 70.8 Å². The van der Waals surface area contributed by atoms with Crippen LogP contribution in [0, 0.1) is 11.7 Å². The molecule has 2 aromatic rings. The van der Waals surface area contributed by atoms with Gasteiger partial charge in [-0.2, -0.15) is 0 Å². The highest BCUT2D eigenvalue weighted by molar-refractivity contribution is 5.78. The zero-order chi connectivity index (χ0) is 18.7. The van der Waals surface area contributed by atoms with Crippen molar-refractivity contribution in [2.75, 3.05) is 6.54 Å². The first-order chi connectivity index (χ1) is 12.5. The molecule has 1 saturated carbocycles. The molecule has 6 heteroatoms. The van der Waals surface area contributed by atoms with Crippen molar-refractivity contribution in [2.24, 2.45) is 5.92 Å². The van der Waals surface area contributed by atoms with Gasteiger partial charge in [0.25, 0.3) is 0 Å². The Morgan fingerprint density at radius 1 is 1.27 bits per heavy atom. The number of carboxylic acids is 1. The maximum Gasteiger partial charge on any atom is 0.308 e. The summed E-state index contributed by atoms with van der Waals surface area (Å²) in [6.45, 7) is 1.84. The summed E-state index contributed by atoms with van der Waals surface area (Å²) >= 11 is 0. The van der Waals surface area contributed by atoms with Gasteiger partial charge in [0.1, 0.15) is 17.3 Å². The van der Waals surface area contributed by atoms with E-state index in [1.54, 1.807) is 42.2 Å². The van der Waals surface area contributed by atoms with Crippen molar-refractivity contribution in [1.82, 2.24) is 4.90 Å². The fourth-order valence-corrected chi connectivity index (χ4v) is 2.91. The first-order valence-corrected chi connectivity index (χ1v) is 8.81. The molecule has 1 heterocycles. The molecular formula is C20H22FNO4. The Kier molecular flexibility index (Phi) is 5.40. The highest BCUT2D eigenvalue weighted by Crippen LogP contribution is 2.29. The maximum atomic E-state index is 13.8. The number of carboxylic acid groups (broad SMARTS) is 1. The number of nitrogens with zero attached hydrogens (tertiary/aromatic N) is 1. The fraction of sp³-hybridized carbons (Fsp3) is 0.400. The van der Waals surface area contributed by atoms with Gasteiger partial charge < -0.3 is 14.4 Å². The Labute approximate surface area is 151 Å². The highest BCUT2D eigenvalue weighted by atomic mass is 19.1. The maximum absolute atomic E-state index is 13.8. The van der Waals surface area contributed by atoms with Gasteiger partial charge in [0, 0.05) is 25.4 Å². The minimum atomic E-state index is -0.899. The van der Waals surface area contributed by atoms with Crippen LogP contribution in [0.15, 0.2) is 40.8 Å². The lowest BCUT2D eigenvalue weighted by atomic mass is 10.1. The second-order valence-electron chi connectivity index (χ2n) is 6.76. The highest BCUT2D eigenvalue weighted by Gasteiger charge is 2.34. The molecule has 1 aromatic heterocycles. The lowest BCUT2D eigenvalue weighted by Gasteiger charge is -2.24. The van der Waals surface area contributed by atoms with Crippen molar-refractivity contribution in [3.8, 4) is 11.3 Å². The number of halogens is 1. The monoisotopic (exact) mass is 359 g/mol. The van der Waals surface area contributed by atoms with Gasteiger partial charge in [-0.05, 0) is 37.1 Å². The minimum Gasteiger partial charge on any atom is -0.481 e. The van der Waals surface area contributed by atoms with Crippen LogP contribution in [-0.4, -0.2) is 34.5 Å². The largest absolute Gasteiger partial charge is 0.481 e. The number of carbonyl (C=O) groups is 2. The van der Waals surface area contributed by atoms with Crippen LogP contribution >= 0.6 is 0 Å². The summed E-state index contributed by atoms with van der Waals surface area (Å²) in [7, 11) is 0. The Bertz CT molecular complexity index is 797. The molecule has 0 spiro atoms. The third-order valence-corrected chi connectivity index (χ3v) is 4.59. The molecule has 138 valence electrons. The van der Waals surface area contributed by atoms with Crippen LogP contribution in [0.5, 0.6) is 0 Å². The van der Waals surface area contributed by atoms with Gasteiger partial charge in [-0.3, -0.25) is 9.59 Å². The van der Waals surface area contributed by atoms with Crippen LogP contribution in [0.3, 0.4) is 0 Å². The van der Waals surface area contributed by atoms with E-state index in [0.717, 1.165) is 12.8 Å². The van der Waals surface area contributed by atoms with E-state index in [0.29, 0.717) is 23.5 Å². The molecule has 3 rings (SSSR count). The number of furan rings is 1. The summed E-state index contributed by atoms with van der Waals surface area (Å²) in [5.74, 6) is -0.862. The van der Waals surface area contributed by atoms with Gasteiger partial charge in [0.15, 0.2) is 0 Å². The van der Waals surface area contributed by atoms with E-state index in [-0.39, 0.29) is 30.7 Å². The van der Waals surface area contributed by atoms with E-state index in [2.05, 4.69) is 0 Å². The van der Waals surface area contributed by atoms with E-state index >= 15 is 0 Å². The van der Waals surface area contributed by atoms with Crippen molar-refractivity contribution in [2.45, 2.75) is 38.6 Å². The predicted molar refractivity (Wildman–Crippen MR) is 94.0 cm³/mol. The third kappa shape index (κ3) is 4.31. The predicted octanol–water partition coefficient (Wildman–Crippen LogP) is 3.73. The molecule has 1 unspecified atom stereocenters. The van der Waals surface area contributed by atoms with E-state index < -0.39 is 11.9 Å². The molecule has 1 aliphatic rings. The van der Waals surface area contributed by atoms with Gasteiger partial charge in [-0.15, -0.1) is 0 Å². The number of amides is 1. The molecule has 1 fully saturated rings. The molecule has 1 amide bonds.